The fraction of sp³-hybridized carbons (Fsp3) is 0.625. The number of rotatable bonds is 3. The van der Waals surface area contributed by atoms with Gasteiger partial charge in [0.2, 0.25) is 0 Å². The summed E-state index contributed by atoms with van der Waals surface area (Å²) in [6.07, 6.45) is 1.53. The van der Waals surface area contributed by atoms with Crippen LogP contribution in [0.5, 0.6) is 0 Å². The van der Waals surface area contributed by atoms with Crippen LogP contribution in [0, 0.1) is 0 Å². The molecular formula is C8H10F2N2. The normalized spacial score (nSPS) is 17.2. The minimum absolute atomic E-state index is 0.265. The Kier molecular flexibility index (Phi) is 1.83. The van der Waals surface area contributed by atoms with Crippen molar-refractivity contribution in [2.24, 2.45) is 0 Å². The molecule has 2 rings (SSSR count). The van der Waals surface area contributed by atoms with Gasteiger partial charge in [-0.3, -0.25) is 4.68 Å². The maximum atomic E-state index is 12.0. The summed E-state index contributed by atoms with van der Waals surface area (Å²) in [6.45, 7) is -0.265. The number of aromatic nitrogens is 2. The predicted molar refractivity (Wildman–Crippen MR) is 40.2 cm³/mol. The monoisotopic (exact) mass is 172 g/mol. The van der Waals surface area contributed by atoms with Crippen LogP contribution in [-0.4, -0.2) is 16.2 Å². The van der Waals surface area contributed by atoms with E-state index in [0.717, 1.165) is 18.5 Å². The highest BCUT2D eigenvalue weighted by atomic mass is 19.3. The molecule has 0 unspecified atom stereocenters. The van der Waals surface area contributed by atoms with Crippen molar-refractivity contribution in [1.82, 2.24) is 9.78 Å². The molecule has 0 bridgehead atoms. The molecule has 0 atom stereocenters. The summed E-state index contributed by atoms with van der Waals surface area (Å²) in [6, 6.07) is 1.83. The highest BCUT2D eigenvalue weighted by molar-refractivity contribution is 5.13. The molecule has 0 aliphatic heterocycles. The Morgan fingerprint density at radius 1 is 1.58 bits per heavy atom. The Morgan fingerprint density at radius 2 is 2.33 bits per heavy atom. The first-order valence-electron chi connectivity index (χ1n) is 4.07. The molecule has 1 aromatic rings. The molecule has 0 N–H and O–H groups in total. The molecule has 0 amide bonds. The van der Waals surface area contributed by atoms with Gasteiger partial charge < -0.3 is 0 Å². The minimum Gasteiger partial charge on any atom is -0.264 e. The summed E-state index contributed by atoms with van der Waals surface area (Å²) in [4.78, 5) is 0. The van der Waals surface area contributed by atoms with Crippen LogP contribution in [-0.2, 0) is 6.54 Å². The van der Waals surface area contributed by atoms with Crippen molar-refractivity contribution in [2.45, 2.75) is 31.7 Å². The summed E-state index contributed by atoms with van der Waals surface area (Å²) < 4.78 is 25.4. The second-order valence-corrected chi connectivity index (χ2v) is 3.10. The first kappa shape index (κ1) is 7.71. The average molecular weight is 172 g/mol. The van der Waals surface area contributed by atoms with Crippen LogP contribution in [0.1, 0.15) is 24.5 Å². The molecule has 0 aromatic carbocycles. The smallest absolute Gasteiger partial charge is 0.257 e. The van der Waals surface area contributed by atoms with Gasteiger partial charge in [-0.2, -0.15) is 5.10 Å². The van der Waals surface area contributed by atoms with E-state index >= 15 is 0 Å². The van der Waals surface area contributed by atoms with Crippen LogP contribution in [0.4, 0.5) is 8.78 Å². The Hall–Kier alpha value is -0.930. The van der Waals surface area contributed by atoms with Gasteiger partial charge in [-0.1, -0.05) is 0 Å². The molecule has 66 valence electrons. The van der Waals surface area contributed by atoms with E-state index in [0.29, 0.717) is 5.92 Å². The minimum atomic E-state index is -2.30. The van der Waals surface area contributed by atoms with Crippen molar-refractivity contribution < 1.29 is 8.78 Å². The van der Waals surface area contributed by atoms with Crippen LogP contribution >= 0.6 is 0 Å². The second-order valence-electron chi connectivity index (χ2n) is 3.10. The third-order valence-corrected chi connectivity index (χ3v) is 2.06. The largest absolute Gasteiger partial charge is 0.264 e. The van der Waals surface area contributed by atoms with E-state index in [4.69, 9.17) is 0 Å². The summed E-state index contributed by atoms with van der Waals surface area (Å²) in [7, 11) is 0. The first-order valence-corrected chi connectivity index (χ1v) is 4.07. The molecule has 1 aliphatic carbocycles. The van der Waals surface area contributed by atoms with Crippen LogP contribution in [0.2, 0.25) is 0 Å². The molecule has 1 fully saturated rings. The van der Waals surface area contributed by atoms with Gasteiger partial charge in [-0.25, -0.2) is 8.78 Å². The predicted octanol–water partition coefficient (Wildman–Crippen LogP) is 2.03. The number of halogens is 2. The molecule has 0 spiro atoms. The Balaban J connectivity index is 2.13. The highest BCUT2D eigenvalue weighted by Gasteiger charge is 2.27. The van der Waals surface area contributed by atoms with Gasteiger partial charge >= 0.3 is 0 Å². The molecule has 1 aromatic heterocycles. The molecule has 0 radical (unpaired) electrons. The summed E-state index contributed by atoms with van der Waals surface area (Å²) in [5.41, 5.74) is 0.968. The number of alkyl halides is 2. The Labute approximate surface area is 69.2 Å². The maximum absolute atomic E-state index is 12.0. The fourth-order valence-corrected chi connectivity index (χ4v) is 1.35. The molecule has 12 heavy (non-hydrogen) atoms. The lowest BCUT2D eigenvalue weighted by atomic mass is 10.3. The van der Waals surface area contributed by atoms with Crippen LogP contribution < -0.4 is 0 Å². The second kappa shape index (κ2) is 2.84. The van der Waals surface area contributed by atoms with Crippen LogP contribution in [0.3, 0.4) is 0 Å². The van der Waals surface area contributed by atoms with E-state index in [9.17, 15) is 8.78 Å². The van der Waals surface area contributed by atoms with Crippen molar-refractivity contribution in [1.29, 1.82) is 0 Å². The van der Waals surface area contributed by atoms with E-state index in [1.54, 1.807) is 6.20 Å². The molecular weight excluding hydrogens is 162 g/mol. The quantitative estimate of drug-likeness (QED) is 0.682. The lowest BCUT2D eigenvalue weighted by Gasteiger charge is -2.04. The van der Waals surface area contributed by atoms with E-state index in [1.807, 2.05) is 6.07 Å². The summed E-state index contributed by atoms with van der Waals surface area (Å²) in [5, 5.41) is 3.85. The topological polar surface area (TPSA) is 17.8 Å². The lowest BCUT2D eigenvalue weighted by molar-refractivity contribution is 0.120. The fourth-order valence-electron chi connectivity index (χ4n) is 1.35. The van der Waals surface area contributed by atoms with Crippen molar-refractivity contribution in [3.8, 4) is 0 Å². The molecule has 1 heterocycles. The van der Waals surface area contributed by atoms with Gasteiger partial charge in [0.15, 0.2) is 0 Å². The van der Waals surface area contributed by atoms with Crippen molar-refractivity contribution in [3.05, 3.63) is 18.0 Å². The zero-order valence-electron chi connectivity index (χ0n) is 6.58. The average Bonchev–Trinajstić information content (AvgIpc) is 2.73. The van der Waals surface area contributed by atoms with E-state index in [2.05, 4.69) is 5.10 Å². The van der Waals surface area contributed by atoms with Crippen molar-refractivity contribution >= 4 is 0 Å². The van der Waals surface area contributed by atoms with Gasteiger partial charge in [0.25, 0.3) is 6.43 Å². The zero-order valence-corrected chi connectivity index (χ0v) is 6.58. The SMILES string of the molecule is FC(F)Cn1nccc1C1CC1. The van der Waals surface area contributed by atoms with Gasteiger partial charge in [0, 0.05) is 17.8 Å². The Morgan fingerprint density at radius 3 is 2.92 bits per heavy atom. The third-order valence-electron chi connectivity index (χ3n) is 2.06. The molecule has 4 heteroatoms. The molecule has 2 nitrogen and oxygen atoms in total. The standard InChI is InChI=1S/C8H10F2N2/c9-8(10)5-12-7(3-4-11-12)6-1-2-6/h3-4,6,8H,1-2,5H2. The zero-order chi connectivity index (χ0) is 8.55. The summed E-state index contributed by atoms with van der Waals surface area (Å²) in [5.74, 6) is 0.492. The van der Waals surface area contributed by atoms with Gasteiger partial charge in [-0.15, -0.1) is 0 Å². The van der Waals surface area contributed by atoms with E-state index < -0.39 is 6.43 Å². The van der Waals surface area contributed by atoms with E-state index in [1.165, 1.54) is 4.68 Å². The highest BCUT2D eigenvalue weighted by Crippen LogP contribution is 2.39. The van der Waals surface area contributed by atoms with Gasteiger partial charge in [-0.05, 0) is 18.9 Å². The van der Waals surface area contributed by atoms with Crippen LogP contribution in [0.15, 0.2) is 12.3 Å². The van der Waals surface area contributed by atoms with E-state index in [-0.39, 0.29) is 6.54 Å². The number of hydrogen-bond acceptors (Lipinski definition) is 1. The van der Waals surface area contributed by atoms with Crippen LogP contribution in [0.25, 0.3) is 0 Å². The Bertz CT molecular complexity index is 266. The number of hydrogen-bond donors (Lipinski definition) is 0. The third kappa shape index (κ3) is 1.47. The lowest BCUT2D eigenvalue weighted by Crippen LogP contribution is -2.10. The summed E-state index contributed by atoms with van der Waals surface area (Å²) >= 11 is 0. The molecule has 0 saturated heterocycles. The number of nitrogens with zero attached hydrogens (tertiary/aromatic N) is 2. The van der Waals surface area contributed by atoms with Gasteiger partial charge in [0.05, 0.1) is 0 Å². The maximum Gasteiger partial charge on any atom is 0.257 e. The molecule has 1 saturated carbocycles. The van der Waals surface area contributed by atoms with Crippen molar-refractivity contribution in [3.63, 3.8) is 0 Å². The molecule has 1 aliphatic rings. The van der Waals surface area contributed by atoms with Gasteiger partial charge in [0.1, 0.15) is 6.54 Å². The first-order chi connectivity index (χ1) is 5.77. The van der Waals surface area contributed by atoms with Crippen molar-refractivity contribution in [2.75, 3.05) is 0 Å².